The summed E-state index contributed by atoms with van der Waals surface area (Å²) in [6.45, 7) is 1.08. The summed E-state index contributed by atoms with van der Waals surface area (Å²) in [6, 6.07) is 13.8. The smallest absolute Gasteiger partial charge is 0.195 e. The molecule has 0 unspecified atom stereocenters. The van der Waals surface area contributed by atoms with E-state index in [-0.39, 0.29) is 0 Å². The van der Waals surface area contributed by atoms with E-state index in [1.807, 2.05) is 74.4 Å². The molecule has 5 heteroatoms. The maximum absolute atomic E-state index is 5.80. The molecule has 0 saturated carbocycles. The maximum atomic E-state index is 5.80. The van der Waals surface area contributed by atoms with Crippen LogP contribution in [-0.2, 0) is 13.2 Å². The average molecular weight is 312 g/mol. The van der Waals surface area contributed by atoms with Gasteiger partial charge >= 0.3 is 0 Å². The van der Waals surface area contributed by atoms with E-state index in [4.69, 9.17) is 4.74 Å². The molecule has 0 bridgehead atoms. The Morgan fingerprint density at radius 3 is 2.48 bits per heavy atom. The summed E-state index contributed by atoms with van der Waals surface area (Å²) < 4.78 is 5.80. The third kappa shape index (κ3) is 5.29. The number of benzene rings is 1. The molecule has 1 aromatic carbocycles. The Bertz CT molecular complexity index is 628. The van der Waals surface area contributed by atoms with E-state index in [9.17, 15) is 0 Å². The molecule has 0 radical (unpaired) electrons. The van der Waals surface area contributed by atoms with Crippen molar-refractivity contribution in [2.24, 2.45) is 4.99 Å². The third-order valence-electron chi connectivity index (χ3n) is 3.21. The molecule has 0 aliphatic carbocycles. The van der Waals surface area contributed by atoms with Crippen LogP contribution < -0.4 is 4.74 Å². The number of nitrogens with zero attached hydrogens (tertiary/aromatic N) is 4. The van der Waals surface area contributed by atoms with Crippen LogP contribution >= 0.6 is 0 Å². The molecule has 0 atom stereocenters. The van der Waals surface area contributed by atoms with Gasteiger partial charge in [0.2, 0.25) is 0 Å². The summed E-state index contributed by atoms with van der Waals surface area (Å²) in [5.74, 6) is 1.77. The minimum atomic E-state index is 0.466. The summed E-state index contributed by atoms with van der Waals surface area (Å²) in [6.07, 6.45) is 1.77. The highest BCUT2D eigenvalue weighted by molar-refractivity contribution is 5.79. The van der Waals surface area contributed by atoms with Gasteiger partial charge in [-0.25, -0.2) is 4.99 Å². The van der Waals surface area contributed by atoms with Gasteiger partial charge in [0.05, 0.1) is 12.2 Å². The fraction of sp³-hybridized carbons (Fsp3) is 0.333. The Morgan fingerprint density at radius 1 is 1.04 bits per heavy atom. The van der Waals surface area contributed by atoms with Crippen LogP contribution in [0.5, 0.6) is 5.75 Å². The minimum Gasteiger partial charge on any atom is -0.487 e. The second-order valence-electron chi connectivity index (χ2n) is 5.66. The van der Waals surface area contributed by atoms with Crippen LogP contribution in [0.3, 0.4) is 0 Å². The molecule has 0 fully saturated rings. The molecule has 2 rings (SSSR count). The number of rotatable bonds is 5. The van der Waals surface area contributed by atoms with Crippen molar-refractivity contribution in [2.75, 3.05) is 28.2 Å². The highest BCUT2D eigenvalue weighted by Crippen LogP contribution is 2.15. The van der Waals surface area contributed by atoms with Crippen molar-refractivity contribution in [1.29, 1.82) is 0 Å². The lowest BCUT2D eigenvalue weighted by Crippen LogP contribution is -2.35. The molecule has 0 amide bonds. The van der Waals surface area contributed by atoms with Crippen molar-refractivity contribution in [3.63, 3.8) is 0 Å². The Hall–Kier alpha value is -2.56. The van der Waals surface area contributed by atoms with Crippen LogP contribution in [0.4, 0.5) is 0 Å². The monoisotopic (exact) mass is 312 g/mol. The van der Waals surface area contributed by atoms with Gasteiger partial charge in [0, 0.05) is 34.4 Å². The predicted molar refractivity (Wildman–Crippen MR) is 93.5 cm³/mol. The molecule has 0 aliphatic heterocycles. The van der Waals surface area contributed by atoms with Gasteiger partial charge in [-0.3, -0.25) is 4.98 Å². The van der Waals surface area contributed by atoms with Crippen LogP contribution in [0.1, 0.15) is 11.3 Å². The first-order chi connectivity index (χ1) is 11.1. The Labute approximate surface area is 138 Å². The van der Waals surface area contributed by atoms with Crippen LogP contribution in [-0.4, -0.2) is 48.9 Å². The van der Waals surface area contributed by atoms with Crippen molar-refractivity contribution in [1.82, 2.24) is 14.8 Å². The SMILES string of the molecule is CN(C)C(=NCc1cccc(OCc2ccccn2)c1)N(C)C. The number of pyridine rings is 1. The second kappa shape index (κ2) is 8.17. The molecule has 5 nitrogen and oxygen atoms in total. The van der Waals surface area contributed by atoms with Gasteiger partial charge in [0.1, 0.15) is 12.4 Å². The number of aromatic nitrogens is 1. The van der Waals surface area contributed by atoms with E-state index >= 15 is 0 Å². The first-order valence-corrected chi connectivity index (χ1v) is 7.57. The lowest BCUT2D eigenvalue weighted by atomic mass is 10.2. The number of guanidine groups is 1. The number of aliphatic imine (C=N–C) groups is 1. The van der Waals surface area contributed by atoms with Gasteiger partial charge in [-0.2, -0.15) is 0 Å². The first kappa shape index (κ1) is 16.8. The fourth-order valence-electron chi connectivity index (χ4n) is 2.22. The van der Waals surface area contributed by atoms with E-state index in [0.29, 0.717) is 13.2 Å². The summed E-state index contributed by atoms with van der Waals surface area (Å²) in [5.41, 5.74) is 2.03. The quantitative estimate of drug-likeness (QED) is 0.629. The largest absolute Gasteiger partial charge is 0.487 e. The summed E-state index contributed by atoms with van der Waals surface area (Å²) in [5, 5.41) is 0. The zero-order chi connectivity index (χ0) is 16.7. The fourth-order valence-corrected chi connectivity index (χ4v) is 2.22. The molecule has 0 spiro atoms. The number of ether oxygens (including phenoxy) is 1. The predicted octanol–water partition coefficient (Wildman–Crippen LogP) is 2.64. The maximum Gasteiger partial charge on any atom is 0.195 e. The normalized spacial score (nSPS) is 10.1. The summed E-state index contributed by atoms with van der Waals surface area (Å²) in [7, 11) is 7.97. The standard InChI is InChI=1S/C18H24N4O/c1-21(2)18(22(3)4)20-13-15-8-7-10-17(12-15)23-14-16-9-5-6-11-19-16/h5-12H,13-14H2,1-4H3. The van der Waals surface area contributed by atoms with Gasteiger partial charge in [-0.05, 0) is 29.8 Å². The van der Waals surface area contributed by atoms with Gasteiger partial charge in [-0.1, -0.05) is 18.2 Å². The molecule has 2 aromatic rings. The van der Waals surface area contributed by atoms with Crippen molar-refractivity contribution >= 4 is 5.96 Å². The highest BCUT2D eigenvalue weighted by Gasteiger charge is 2.04. The number of hydrogen-bond donors (Lipinski definition) is 0. The van der Waals surface area contributed by atoms with Crippen LogP contribution in [0.25, 0.3) is 0 Å². The number of hydrogen-bond acceptors (Lipinski definition) is 3. The molecule has 23 heavy (non-hydrogen) atoms. The second-order valence-corrected chi connectivity index (χ2v) is 5.66. The van der Waals surface area contributed by atoms with Gasteiger partial charge in [-0.15, -0.1) is 0 Å². The summed E-state index contributed by atoms with van der Waals surface area (Å²) >= 11 is 0. The lowest BCUT2D eigenvalue weighted by Gasteiger charge is -2.22. The van der Waals surface area contributed by atoms with Crippen molar-refractivity contribution in [3.8, 4) is 5.75 Å². The third-order valence-corrected chi connectivity index (χ3v) is 3.21. The zero-order valence-corrected chi connectivity index (χ0v) is 14.2. The molecular weight excluding hydrogens is 288 g/mol. The van der Waals surface area contributed by atoms with E-state index in [1.54, 1.807) is 6.20 Å². The molecule has 1 aromatic heterocycles. The van der Waals surface area contributed by atoms with Crippen molar-refractivity contribution in [3.05, 3.63) is 59.9 Å². The molecule has 122 valence electrons. The van der Waals surface area contributed by atoms with Crippen LogP contribution in [0.15, 0.2) is 53.7 Å². The van der Waals surface area contributed by atoms with Gasteiger partial charge in [0.15, 0.2) is 5.96 Å². The zero-order valence-electron chi connectivity index (χ0n) is 14.2. The van der Waals surface area contributed by atoms with E-state index < -0.39 is 0 Å². The van der Waals surface area contributed by atoms with Crippen molar-refractivity contribution < 1.29 is 4.74 Å². The molecular formula is C18H24N4O. The van der Waals surface area contributed by atoms with E-state index in [1.165, 1.54) is 0 Å². The van der Waals surface area contributed by atoms with E-state index in [2.05, 4.69) is 16.0 Å². The Kier molecular flexibility index (Phi) is 5.97. The average Bonchev–Trinajstić information content (AvgIpc) is 2.54. The molecule has 0 saturated heterocycles. The van der Waals surface area contributed by atoms with Crippen molar-refractivity contribution in [2.45, 2.75) is 13.2 Å². The van der Waals surface area contributed by atoms with Gasteiger partial charge in [0.25, 0.3) is 0 Å². The Morgan fingerprint density at radius 2 is 1.83 bits per heavy atom. The highest BCUT2D eigenvalue weighted by atomic mass is 16.5. The Balaban J connectivity index is 2.00. The minimum absolute atomic E-state index is 0.466. The molecule has 0 aliphatic rings. The van der Waals surface area contributed by atoms with E-state index in [0.717, 1.165) is 23.0 Å². The summed E-state index contributed by atoms with van der Waals surface area (Å²) in [4.78, 5) is 12.9. The molecule has 1 heterocycles. The van der Waals surface area contributed by atoms with Crippen LogP contribution in [0.2, 0.25) is 0 Å². The topological polar surface area (TPSA) is 41.0 Å². The van der Waals surface area contributed by atoms with Crippen LogP contribution in [0, 0.1) is 0 Å². The molecule has 0 N–H and O–H groups in total. The first-order valence-electron chi connectivity index (χ1n) is 7.57. The lowest BCUT2D eigenvalue weighted by molar-refractivity contribution is 0.301. The van der Waals surface area contributed by atoms with Gasteiger partial charge < -0.3 is 14.5 Å².